The normalized spacial score (nSPS) is 25.9. The maximum Gasteiger partial charge on any atom is 0.165 e. The number of rotatable bonds is 4. The van der Waals surface area contributed by atoms with Crippen molar-refractivity contribution in [3.8, 4) is 0 Å². The number of hydrogen-bond donors (Lipinski definition) is 1. The Bertz CT molecular complexity index is 1200. The summed E-state index contributed by atoms with van der Waals surface area (Å²) in [5, 5.41) is 1.25. The van der Waals surface area contributed by atoms with E-state index in [1.807, 2.05) is 12.2 Å². The Morgan fingerprint density at radius 1 is 1.33 bits per heavy atom. The van der Waals surface area contributed by atoms with Crippen LogP contribution in [0.5, 0.6) is 0 Å². The van der Waals surface area contributed by atoms with Crippen LogP contribution in [0.2, 0.25) is 0 Å². The molecule has 7 heteroatoms. The molecule has 0 radical (unpaired) electrons. The zero-order chi connectivity index (χ0) is 21.9. The van der Waals surface area contributed by atoms with Crippen molar-refractivity contribution in [2.75, 3.05) is 19.0 Å². The summed E-state index contributed by atoms with van der Waals surface area (Å²) in [7, 11) is -3.44. The lowest BCUT2D eigenvalue weighted by Gasteiger charge is -2.38. The number of aliphatic imine (C=N–C) groups is 1. The van der Waals surface area contributed by atoms with E-state index in [0.29, 0.717) is 11.5 Å². The lowest BCUT2D eigenvalue weighted by molar-refractivity contribution is 0.00847. The van der Waals surface area contributed by atoms with E-state index in [-0.39, 0.29) is 11.6 Å². The lowest BCUT2D eigenvalue weighted by atomic mass is 9.94. The fourth-order valence-electron chi connectivity index (χ4n) is 3.76. The van der Waals surface area contributed by atoms with Gasteiger partial charge in [-0.05, 0) is 68.0 Å². The third kappa shape index (κ3) is 3.33. The molecule has 1 fully saturated rings. The molecular formula is C23H28N2O3S2. The van der Waals surface area contributed by atoms with Crippen LogP contribution >= 0.6 is 11.3 Å². The summed E-state index contributed by atoms with van der Waals surface area (Å²) >= 11 is 1.72. The average Bonchev–Trinajstić information content (AvgIpc) is 2.92. The zero-order valence-corrected chi connectivity index (χ0v) is 19.5. The summed E-state index contributed by atoms with van der Waals surface area (Å²) in [6.07, 6.45) is 3.89. The van der Waals surface area contributed by atoms with Crippen molar-refractivity contribution in [3.05, 3.63) is 52.4 Å². The van der Waals surface area contributed by atoms with Gasteiger partial charge in [-0.25, -0.2) is 8.42 Å². The van der Waals surface area contributed by atoms with Gasteiger partial charge in [-0.15, -0.1) is 11.3 Å². The van der Waals surface area contributed by atoms with Crippen LogP contribution in [-0.4, -0.2) is 43.5 Å². The van der Waals surface area contributed by atoms with Crippen LogP contribution in [0.1, 0.15) is 42.7 Å². The van der Waals surface area contributed by atoms with E-state index in [2.05, 4.69) is 36.7 Å². The summed E-state index contributed by atoms with van der Waals surface area (Å²) in [6.45, 7) is 12.8. The zero-order valence-electron chi connectivity index (χ0n) is 17.9. The van der Waals surface area contributed by atoms with Gasteiger partial charge < -0.3 is 10.5 Å². The number of ether oxygens (including phenoxy) is 1. The standard InChI is InChI=1S/C23H28N2O3S2/c1-14(23(5)13-30(26,27)22(3,4)21(24)25-23)6-8-19-15(2)18-10-16(17-11-28-12-17)7-9-20(18)29-19/h6-10,17H,1,11-13H2,2-5H3,(H2,24,25)/b8-6-/t23-/m0/s1. The largest absolute Gasteiger partial charge is 0.386 e. The van der Waals surface area contributed by atoms with Gasteiger partial charge in [-0.3, -0.25) is 4.99 Å². The number of sulfone groups is 1. The molecular weight excluding hydrogens is 416 g/mol. The second-order valence-electron chi connectivity index (χ2n) is 8.98. The van der Waals surface area contributed by atoms with Crippen molar-refractivity contribution in [2.45, 2.75) is 43.9 Å². The van der Waals surface area contributed by atoms with Crippen LogP contribution in [-0.2, 0) is 14.6 Å². The van der Waals surface area contributed by atoms with Crippen LogP contribution in [0.25, 0.3) is 16.2 Å². The molecule has 1 atom stereocenters. The van der Waals surface area contributed by atoms with E-state index in [9.17, 15) is 8.42 Å². The predicted molar refractivity (Wildman–Crippen MR) is 126 cm³/mol. The van der Waals surface area contributed by atoms with E-state index in [1.165, 1.54) is 21.2 Å². The van der Waals surface area contributed by atoms with Gasteiger partial charge in [0, 0.05) is 15.5 Å². The number of aryl methyl sites for hydroxylation is 1. The van der Waals surface area contributed by atoms with Crippen molar-refractivity contribution < 1.29 is 13.2 Å². The molecule has 30 heavy (non-hydrogen) atoms. The second kappa shape index (κ2) is 7.04. The van der Waals surface area contributed by atoms with Crippen molar-refractivity contribution in [1.82, 2.24) is 0 Å². The average molecular weight is 445 g/mol. The highest BCUT2D eigenvalue weighted by atomic mass is 32.2. The van der Waals surface area contributed by atoms with Crippen LogP contribution in [0, 0.1) is 6.92 Å². The van der Waals surface area contributed by atoms with Crippen molar-refractivity contribution in [2.24, 2.45) is 10.7 Å². The van der Waals surface area contributed by atoms with E-state index in [0.717, 1.165) is 18.1 Å². The molecule has 0 spiro atoms. The Morgan fingerprint density at radius 2 is 2.03 bits per heavy atom. The Balaban J connectivity index is 1.63. The second-order valence-corrected chi connectivity index (χ2v) is 12.6. The molecule has 1 saturated heterocycles. The van der Waals surface area contributed by atoms with Crippen molar-refractivity contribution >= 4 is 43.2 Å². The molecule has 2 N–H and O–H groups in total. The van der Waals surface area contributed by atoms with Gasteiger partial charge in [0.25, 0.3) is 0 Å². The Kier molecular flexibility index (Phi) is 4.99. The van der Waals surface area contributed by atoms with E-state index >= 15 is 0 Å². The number of amidine groups is 1. The highest BCUT2D eigenvalue weighted by Gasteiger charge is 2.48. The monoisotopic (exact) mass is 444 g/mol. The summed E-state index contributed by atoms with van der Waals surface area (Å²) in [4.78, 5) is 5.67. The number of benzene rings is 1. The van der Waals surface area contributed by atoms with Crippen LogP contribution in [0.4, 0.5) is 0 Å². The molecule has 1 aromatic heterocycles. The minimum atomic E-state index is -3.44. The van der Waals surface area contributed by atoms with Crippen LogP contribution in [0.3, 0.4) is 0 Å². The van der Waals surface area contributed by atoms with E-state index in [1.54, 1.807) is 32.1 Å². The fraction of sp³-hybridized carbons (Fsp3) is 0.435. The number of fused-ring (bicyclic) bond motifs is 1. The van der Waals surface area contributed by atoms with Gasteiger partial charge in [-0.1, -0.05) is 18.7 Å². The molecule has 2 aromatic rings. The molecule has 0 aliphatic carbocycles. The SMILES string of the molecule is C=C(/C=C\c1sc2ccc(C3COC3)cc2c1C)[C@]1(C)CS(=O)(=O)C(C)(C)C(N)=N1. The fourth-order valence-corrected chi connectivity index (χ4v) is 6.57. The molecule has 0 amide bonds. The van der Waals surface area contributed by atoms with Gasteiger partial charge in [-0.2, -0.15) is 0 Å². The number of hydrogen-bond acceptors (Lipinski definition) is 6. The van der Waals surface area contributed by atoms with Gasteiger partial charge in [0.05, 0.1) is 24.5 Å². The summed E-state index contributed by atoms with van der Waals surface area (Å²) in [6, 6.07) is 6.63. The molecule has 0 saturated carbocycles. The predicted octanol–water partition coefficient (Wildman–Crippen LogP) is 4.22. The molecule has 2 aliphatic rings. The quantitative estimate of drug-likeness (QED) is 0.716. The maximum absolute atomic E-state index is 12.8. The first kappa shape index (κ1) is 21.3. The van der Waals surface area contributed by atoms with Gasteiger partial charge in [0.1, 0.15) is 10.6 Å². The molecule has 4 rings (SSSR count). The van der Waals surface area contributed by atoms with Crippen molar-refractivity contribution in [1.29, 1.82) is 0 Å². The molecule has 2 aliphatic heterocycles. The highest BCUT2D eigenvalue weighted by Crippen LogP contribution is 2.37. The smallest absolute Gasteiger partial charge is 0.165 e. The van der Waals surface area contributed by atoms with E-state index in [4.69, 9.17) is 10.5 Å². The molecule has 3 heterocycles. The van der Waals surface area contributed by atoms with Gasteiger partial charge >= 0.3 is 0 Å². The Labute approximate surface area is 182 Å². The maximum atomic E-state index is 12.8. The molecule has 5 nitrogen and oxygen atoms in total. The number of thiophene rings is 1. The third-order valence-corrected chi connectivity index (χ3v) is 10.4. The highest BCUT2D eigenvalue weighted by molar-refractivity contribution is 7.93. The van der Waals surface area contributed by atoms with Gasteiger partial charge in [0.15, 0.2) is 9.84 Å². The molecule has 1 aromatic carbocycles. The number of nitrogens with zero attached hydrogens (tertiary/aromatic N) is 1. The molecule has 0 unspecified atom stereocenters. The Hall–Kier alpha value is -1.96. The van der Waals surface area contributed by atoms with E-state index < -0.39 is 20.1 Å². The minimum absolute atomic E-state index is 0.102. The molecule has 0 bridgehead atoms. The van der Waals surface area contributed by atoms with Crippen LogP contribution < -0.4 is 5.73 Å². The van der Waals surface area contributed by atoms with Gasteiger partial charge in [0.2, 0.25) is 0 Å². The summed E-state index contributed by atoms with van der Waals surface area (Å²) in [5.41, 5.74) is 8.24. The Morgan fingerprint density at radius 3 is 2.63 bits per heavy atom. The van der Waals surface area contributed by atoms with Crippen molar-refractivity contribution in [3.63, 3.8) is 0 Å². The lowest BCUT2D eigenvalue weighted by Crippen LogP contribution is -2.56. The summed E-state index contributed by atoms with van der Waals surface area (Å²) in [5.74, 6) is 0.527. The topological polar surface area (TPSA) is 81.8 Å². The first-order valence-electron chi connectivity index (χ1n) is 10.0. The van der Waals surface area contributed by atoms with Crippen LogP contribution in [0.15, 0.2) is 41.4 Å². The summed E-state index contributed by atoms with van der Waals surface area (Å²) < 4.78 is 30.9. The molecule has 160 valence electrons. The first-order valence-corrected chi connectivity index (χ1v) is 12.5. The minimum Gasteiger partial charge on any atom is -0.386 e. The number of nitrogens with two attached hydrogens (primary N) is 1. The third-order valence-electron chi connectivity index (χ3n) is 6.47. The first-order chi connectivity index (χ1) is 13.9.